The monoisotopic (exact) mass is 353 g/mol. The number of nitrogens with zero attached hydrogens (tertiary/aromatic N) is 2. The molecule has 3 N–H and O–H groups in total. The Bertz CT molecular complexity index is 613. The number of benzene rings is 1. The second kappa shape index (κ2) is 6.42. The van der Waals surface area contributed by atoms with Crippen molar-refractivity contribution in [2.75, 3.05) is 31.9 Å². The van der Waals surface area contributed by atoms with Crippen LogP contribution in [0.2, 0.25) is 0 Å². The lowest BCUT2D eigenvalue weighted by Gasteiger charge is -2.34. The number of anilines is 1. The van der Waals surface area contributed by atoms with Gasteiger partial charge in [0.05, 0.1) is 0 Å². The zero-order chi connectivity index (χ0) is 18.1. The van der Waals surface area contributed by atoms with Crippen LogP contribution in [-0.2, 0) is 12.5 Å². The van der Waals surface area contributed by atoms with Gasteiger partial charge < -0.3 is 15.7 Å². The fourth-order valence-corrected chi connectivity index (χ4v) is 2.54. The summed E-state index contributed by atoms with van der Waals surface area (Å²) in [7, 11) is 0. The molecule has 1 amide bonds. The normalized spacial score (nSPS) is 17.1. The van der Waals surface area contributed by atoms with Gasteiger partial charge in [-0.2, -0.15) is 22.0 Å². The number of rotatable bonds is 3. The van der Waals surface area contributed by atoms with Crippen LogP contribution in [0.4, 0.5) is 32.4 Å². The van der Waals surface area contributed by atoms with Gasteiger partial charge in [0.1, 0.15) is 0 Å². The number of piperazine rings is 1. The minimum absolute atomic E-state index is 0.0795. The fraction of sp³-hybridized carbons (Fsp3) is 0.500. The zero-order valence-electron chi connectivity index (χ0n) is 12.5. The molecular formula is C14H16F5N3O2. The Balaban J connectivity index is 2.22. The van der Waals surface area contributed by atoms with Gasteiger partial charge in [0.15, 0.2) is 0 Å². The van der Waals surface area contributed by atoms with Crippen LogP contribution in [0.1, 0.15) is 11.1 Å². The van der Waals surface area contributed by atoms with Crippen molar-refractivity contribution in [1.29, 1.82) is 0 Å². The number of nitrogen functional groups attached to an aromatic ring is 1. The van der Waals surface area contributed by atoms with E-state index in [9.17, 15) is 26.7 Å². The fourth-order valence-electron chi connectivity index (χ4n) is 2.54. The highest BCUT2D eigenvalue weighted by Crippen LogP contribution is 2.45. The summed E-state index contributed by atoms with van der Waals surface area (Å²) in [5.74, 6) is -4.99. The number of hydrogen-bond donors (Lipinski definition) is 2. The smallest absolute Gasteiger partial charge is 0.458 e. The number of nitrogens with two attached hydrogens (primary N) is 1. The van der Waals surface area contributed by atoms with Gasteiger partial charge in [-0.3, -0.25) is 4.90 Å². The standard InChI is InChI=1S/C14H16F5N3O2/c15-13(16,14(17,18)19)11-2-1-10(20)7-9(11)8-21-3-5-22(6-4-21)12(23)24/h1-2,7H,3-6,8,20H2,(H,23,24). The van der Waals surface area contributed by atoms with Crippen molar-refractivity contribution >= 4 is 11.8 Å². The Labute approximate surface area is 134 Å². The third kappa shape index (κ3) is 3.69. The quantitative estimate of drug-likeness (QED) is 0.648. The highest BCUT2D eigenvalue weighted by Gasteiger charge is 2.59. The third-order valence-corrected chi connectivity index (χ3v) is 3.86. The first-order valence-electron chi connectivity index (χ1n) is 7.06. The van der Waals surface area contributed by atoms with Crippen molar-refractivity contribution in [3.63, 3.8) is 0 Å². The molecule has 5 nitrogen and oxygen atoms in total. The Morgan fingerprint density at radius 3 is 2.21 bits per heavy atom. The first-order valence-corrected chi connectivity index (χ1v) is 7.06. The molecule has 10 heteroatoms. The van der Waals surface area contributed by atoms with Crippen LogP contribution >= 0.6 is 0 Å². The molecule has 1 fully saturated rings. The van der Waals surface area contributed by atoms with Crippen LogP contribution < -0.4 is 5.73 Å². The Hall–Kier alpha value is -2.10. The number of halogens is 5. The molecule has 0 aliphatic carbocycles. The molecule has 24 heavy (non-hydrogen) atoms. The summed E-state index contributed by atoms with van der Waals surface area (Å²) >= 11 is 0. The molecule has 1 aromatic rings. The van der Waals surface area contributed by atoms with Gasteiger partial charge in [0.25, 0.3) is 0 Å². The molecule has 0 radical (unpaired) electrons. The summed E-state index contributed by atoms with van der Waals surface area (Å²) in [5, 5.41) is 8.86. The molecule has 0 unspecified atom stereocenters. The minimum Gasteiger partial charge on any atom is -0.465 e. The molecule has 0 saturated carbocycles. The van der Waals surface area contributed by atoms with Crippen molar-refractivity contribution < 1.29 is 31.9 Å². The highest BCUT2D eigenvalue weighted by atomic mass is 19.4. The van der Waals surface area contributed by atoms with E-state index in [2.05, 4.69) is 0 Å². The second-order valence-electron chi connectivity index (χ2n) is 5.53. The maximum Gasteiger partial charge on any atom is 0.458 e. The van der Waals surface area contributed by atoms with Gasteiger partial charge in [0.2, 0.25) is 0 Å². The summed E-state index contributed by atoms with van der Waals surface area (Å²) in [6, 6.07) is 2.78. The van der Waals surface area contributed by atoms with E-state index < -0.39 is 23.8 Å². The molecular weight excluding hydrogens is 337 g/mol. The van der Waals surface area contributed by atoms with E-state index in [0.29, 0.717) is 6.07 Å². The van der Waals surface area contributed by atoms with E-state index in [-0.39, 0.29) is 44.0 Å². The Kier molecular flexibility index (Phi) is 4.88. The molecule has 0 aromatic heterocycles. The molecule has 0 spiro atoms. The summed E-state index contributed by atoms with van der Waals surface area (Å²) in [6.45, 7) is 0.612. The van der Waals surface area contributed by atoms with Crippen LogP contribution in [0.5, 0.6) is 0 Å². The van der Waals surface area contributed by atoms with Gasteiger partial charge in [-0.05, 0) is 17.7 Å². The Morgan fingerprint density at radius 1 is 1.12 bits per heavy atom. The molecule has 0 bridgehead atoms. The summed E-state index contributed by atoms with van der Waals surface area (Å²) in [5.41, 5.74) is 4.24. The number of carbonyl (C=O) groups is 1. The van der Waals surface area contributed by atoms with E-state index >= 15 is 0 Å². The molecule has 1 aromatic carbocycles. The number of hydrogen-bond acceptors (Lipinski definition) is 3. The van der Waals surface area contributed by atoms with Crippen LogP contribution in [0.3, 0.4) is 0 Å². The largest absolute Gasteiger partial charge is 0.465 e. The van der Waals surface area contributed by atoms with Crippen molar-refractivity contribution in [3.05, 3.63) is 29.3 Å². The lowest BCUT2D eigenvalue weighted by molar-refractivity contribution is -0.289. The van der Waals surface area contributed by atoms with Crippen LogP contribution in [0.25, 0.3) is 0 Å². The molecule has 2 rings (SSSR count). The molecule has 1 aliphatic heterocycles. The molecule has 1 aliphatic rings. The molecule has 1 heterocycles. The first kappa shape index (κ1) is 18.2. The average molecular weight is 353 g/mol. The highest BCUT2D eigenvalue weighted by molar-refractivity contribution is 5.65. The maximum atomic E-state index is 13.7. The van der Waals surface area contributed by atoms with Gasteiger partial charge >= 0.3 is 18.2 Å². The summed E-state index contributed by atoms with van der Waals surface area (Å²) in [4.78, 5) is 13.6. The van der Waals surface area contributed by atoms with E-state index in [1.165, 1.54) is 0 Å². The SMILES string of the molecule is Nc1ccc(C(F)(F)C(F)(F)F)c(CN2CCN(C(=O)O)CC2)c1. The first-order chi connectivity index (χ1) is 11.0. The molecule has 0 atom stereocenters. The van der Waals surface area contributed by atoms with E-state index in [1.807, 2.05) is 0 Å². The lowest BCUT2D eigenvalue weighted by atomic mass is 9.99. The van der Waals surface area contributed by atoms with E-state index in [4.69, 9.17) is 10.8 Å². The van der Waals surface area contributed by atoms with Gasteiger partial charge in [-0.1, -0.05) is 6.07 Å². The van der Waals surface area contributed by atoms with Gasteiger partial charge in [-0.15, -0.1) is 0 Å². The molecule has 1 saturated heterocycles. The number of alkyl halides is 5. The molecule has 134 valence electrons. The van der Waals surface area contributed by atoms with Crippen LogP contribution in [0.15, 0.2) is 18.2 Å². The minimum atomic E-state index is -5.71. The average Bonchev–Trinajstić information content (AvgIpc) is 2.46. The van der Waals surface area contributed by atoms with Gasteiger partial charge in [-0.25, -0.2) is 4.79 Å². The van der Waals surface area contributed by atoms with Crippen molar-refractivity contribution in [1.82, 2.24) is 9.80 Å². The predicted molar refractivity (Wildman–Crippen MR) is 75.7 cm³/mol. The Morgan fingerprint density at radius 2 is 1.71 bits per heavy atom. The number of carboxylic acid groups (broad SMARTS) is 1. The van der Waals surface area contributed by atoms with Crippen molar-refractivity contribution in [3.8, 4) is 0 Å². The third-order valence-electron chi connectivity index (χ3n) is 3.86. The maximum absolute atomic E-state index is 13.7. The van der Waals surface area contributed by atoms with Crippen molar-refractivity contribution in [2.45, 2.75) is 18.6 Å². The van der Waals surface area contributed by atoms with Gasteiger partial charge in [0, 0.05) is 44.0 Å². The van der Waals surface area contributed by atoms with Crippen molar-refractivity contribution in [2.24, 2.45) is 0 Å². The summed E-state index contributed by atoms with van der Waals surface area (Å²) in [6.07, 6.45) is -6.80. The van der Waals surface area contributed by atoms with Crippen LogP contribution in [-0.4, -0.2) is 53.4 Å². The van der Waals surface area contributed by atoms with Crippen LogP contribution in [0, 0.1) is 0 Å². The topological polar surface area (TPSA) is 69.8 Å². The lowest BCUT2D eigenvalue weighted by Crippen LogP contribution is -2.48. The second-order valence-corrected chi connectivity index (χ2v) is 5.53. The number of amides is 1. The predicted octanol–water partition coefficient (Wildman–Crippen LogP) is 2.72. The summed E-state index contributed by atoms with van der Waals surface area (Å²) < 4.78 is 65.4. The zero-order valence-corrected chi connectivity index (χ0v) is 12.5. The van der Waals surface area contributed by atoms with E-state index in [0.717, 1.165) is 17.0 Å². The van der Waals surface area contributed by atoms with E-state index in [1.54, 1.807) is 4.90 Å².